The SMILES string of the molecule is O=C(N[C@@H]1C[C@H]2C[C@H]1[C@@H]1CCC[C@@H]21)[C@@H]1CCCN(C(=O)c2c[nH]c3ccccc23)C1. The molecule has 2 bridgehead atoms. The van der Waals surface area contributed by atoms with Crippen LogP contribution in [-0.4, -0.2) is 40.8 Å². The van der Waals surface area contributed by atoms with Crippen molar-refractivity contribution in [3.63, 3.8) is 0 Å². The van der Waals surface area contributed by atoms with Crippen LogP contribution in [0.15, 0.2) is 30.5 Å². The maximum Gasteiger partial charge on any atom is 0.256 e. The molecule has 1 aliphatic heterocycles. The van der Waals surface area contributed by atoms with Gasteiger partial charge >= 0.3 is 0 Å². The largest absolute Gasteiger partial charge is 0.360 e. The predicted octanol–water partition coefficient (Wildman–Crippen LogP) is 3.96. The van der Waals surface area contributed by atoms with E-state index in [4.69, 9.17) is 0 Å². The number of carbonyl (C=O) groups excluding carboxylic acids is 2. The Labute approximate surface area is 177 Å². The van der Waals surface area contributed by atoms with Crippen LogP contribution in [-0.2, 0) is 4.79 Å². The Morgan fingerprint density at radius 1 is 1.00 bits per heavy atom. The summed E-state index contributed by atoms with van der Waals surface area (Å²) >= 11 is 0. The summed E-state index contributed by atoms with van der Waals surface area (Å²) in [6.45, 7) is 1.27. The van der Waals surface area contributed by atoms with Gasteiger partial charge in [0, 0.05) is 36.2 Å². The number of piperidine rings is 1. The van der Waals surface area contributed by atoms with Gasteiger partial charge in [0.25, 0.3) is 5.91 Å². The molecule has 4 aliphatic rings. The van der Waals surface area contributed by atoms with Gasteiger partial charge in [0.05, 0.1) is 11.5 Å². The van der Waals surface area contributed by atoms with E-state index in [-0.39, 0.29) is 17.7 Å². The van der Waals surface area contributed by atoms with E-state index in [0.29, 0.717) is 24.1 Å². The summed E-state index contributed by atoms with van der Waals surface area (Å²) in [6.07, 6.45) is 10.3. The Bertz CT molecular complexity index is 982. The zero-order valence-corrected chi connectivity index (χ0v) is 17.5. The summed E-state index contributed by atoms with van der Waals surface area (Å²) in [5.74, 6) is 3.50. The van der Waals surface area contributed by atoms with Crippen LogP contribution in [0.1, 0.15) is 55.3 Å². The molecule has 5 heteroatoms. The number of rotatable bonds is 3. The maximum atomic E-state index is 13.2. The van der Waals surface area contributed by atoms with Gasteiger partial charge in [-0.3, -0.25) is 9.59 Å². The third kappa shape index (κ3) is 2.89. The number of amides is 2. The van der Waals surface area contributed by atoms with Crippen molar-refractivity contribution in [3.8, 4) is 0 Å². The number of nitrogens with one attached hydrogen (secondary N) is 2. The summed E-state index contributed by atoms with van der Waals surface area (Å²) in [7, 11) is 0. The second-order valence-corrected chi connectivity index (χ2v) is 10.1. The third-order valence-corrected chi connectivity index (χ3v) is 8.66. The van der Waals surface area contributed by atoms with Gasteiger partial charge < -0.3 is 15.2 Å². The Kier molecular flexibility index (Phi) is 4.39. The first-order chi connectivity index (χ1) is 14.7. The molecule has 0 radical (unpaired) electrons. The van der Waals surface area contributed by atoms with Crippen LogP contribution in [0.2, 0.25) is 0 Å². The number of fused-ring (bicyclic) bond motifs is 6. The number of hydrogen-bond acceptors (Lipinski definition) is 2. The van der Waals surface area contributed by atoms with Gasteiger partial charge in [0.15, 0.2) is 0 Å². The molecule has 1 aromatic carbocycles. The van der Waals surface area contributed by atoms with Gasteiger partial charge in [0.1, 0.15) is 0 Å². The van der Waals surface area contributed by atoms with Crippen LogP contribution < -0.4 is 5.32 Å². The van der Waals surface area contributed by atoms with Gasteiger partial charge in [0.2, 0.25) is 5.91 Å². The first kappa shape index (κ1) is 18.5. The average Bonchev–Trinajstić information content (AvgIpc) is 3.54. The highest BCUT2D eigenvalue weighted by atomic mass is 16.2. The van der Waals surface area contributed by atoms with Gasteiger partial charge in [-0.15, -0.1) is 0 Å². The number of aromatic amines is 1. The van der Waals surface area contributed by atoms with Crippen LogP contribution in [0.5, 0.6) is 0 Å². The topological polar surface area (TPSA) is 65.2 Å². The molecule has 2 N–H and O–H groups in total. The van der Waals surface area contributed by atoms with Crippen molar-refractivity contribution >= 4 is 22.7 Å². The molecular weight excluding hydrogens is 374 g/mol. The van der Waals surface area contributed by atoms with E-state index in [1.807, 2.05) is 35.4 Å². The fourth-order valence-electron chi connectivity index (χ4n) is 7.33. The molecule has 1 aromatic heterocycles. The van der Waals surface area contributed by atoms with Gasteiger partial charge in [-0.05, 0) is 68.3 Å². The standard InChI is InChI=1S/C25H31N3O2/c29-24(27-23-12-16-11-20(23)18-8-3-7-17(16)18)15-5-4-10-28(14-15)25(30)21-13-26-22-9-2-1-6-19(21)22/h1-2,6,9,13,15-18,20,23,26H,3-5,7-8,10-12,14H2,(H,27,29)/t15-,16-,17+,18-,20+,23-/m1/s1. The lowest BCUT2D eigenvalue weighted by Gasteiger charge is -2.35. The Hall–Kier alpha value is -2.30. The number of aromatic nitrogens is 1. The zero-order valence-electron chi connectivity index (χ0n) is 17.5. The van der Waals surface area contributed by atoms with Crippen LogP contribution in [0.3, 0.4) is 0 Å². The lowest BCUT2D eigenvalue weighted by atomic mass is 9.79. The third-order valence-electron chi connectivity index (χ3n) is 8.66. The molecule has 6 rings (SSSR count). The quantitative estimate of drug-likeness (QED) is 0.812. The Balaban J connectivity index is 1.12. The molecule has 3 saturated carbocycles. The Morgan fingerprint density at radius 2 is 1.87 bits per heavy atom. The maximum absolute atomic E-state index is 13.2. The van der Waals surface area contributed by atoms with Crippen molar-refractivity contribution in [2.45, 2.75) is 51.0 Å². The fourth-order valence-corrected chi connectivity index (χ4v) is 7.33. The molecule has 0 unspecified atom stereocenters. The minimum absolute atomic E-state index is 0.0404. The van der Waals surface area contributed by atoms with Crippen LogP contribution in [0.25, 0.3) is 10.9 Å². The van der Waals surface area contributed by atoms with E-state index in [1.165, 1.54) is 32.1 Å². The van der Waals surface area contributed by atoms with Crippen LogP contribution in [0.4, 0.5) is 0 Å². The number of nitrogens with zero attached hydrogens (tertiary/aromatic N) is 1. The highest BCUT2D eigenvalue weighted by Crippen LogP contribution is 2.58. The van der Waals surface area contributed by atoms with E-state index in [2.05, 4.69) is 10.3 Å². The van der Waals surface area contributed by atoms with Crippen molar-refractivity contribution in [2.75, 3.05) is 13.1 Å². The molecule has 2 aromatic rings. The summed E-state index contributed by atoms with van der Waals surface area (Å²) in [5, 5.41) is 4.39. The van der Waals surface area contributed by atoms with Crippen LogP contribution >= 0.6 is 0 Å². The summed E-state index contributed by atoms with van der Waals surface area (Å²) in [4.78, 5) is 31.4. The molecule has 3 aliphatic carbocycles. The predicted molar refractivity (Wildman–Crippen MR) is 116 cm³/mol. The molecule has 6 atom stereocenters. The summed E-state index contributed by atoms with van der Waals surface area (Å²) in [6, 6.07) is 8.28. The van der Waals surface area contributed by atoms with E-state index >= 15 is 0 Å². The normalized spacial score (nSPS) is 35.0. The van der Waals surface area contributed by atoms with E-state index in [9.17, 15) is 9.59 Å². The smallest absolute Gasteiger partial charge is 0.256 e. The lowest BCUT2D eigenvalue weighted by Crippen LogP contribution is -2.49. The summed E-state index contributed by atoms with van der Waals surface area (Å²) in [5.41, 5.74) is 1.70. The van der Waals surface area contributed by atoms with Crippen molar-refractivity contribution in [1.82, 2.24) is 15.2 Å². The van der Waals surface area contributed by atoms with E-state index in [0.717, 1.165) is 48.0 Å². The Morgan fingerprint density at radius 3 is 2.80 bits per heavy atom. The van der Waals surface area contributed by atoms with Gasteiger partial charge in [-0.2, -0.15) is 0 Å². The minimum Gasteiger partial charge on any atom is -0.360 e. The van der Waals surface area contributed by atoms with Crippen molar-refractivity contribution in [3.05, 3.63) is 36.0 Å². The number of likely N-dealkylation sites (tertiary alicyclic amines) is 1. The molecule has 5 nitrogen and oxygen atoms in total. The fraction of sp³-hybridized carbons (Fsp3) is 0.600. The number of hydrogen-bond donors (Lipinski definition) is 2. The molecular formula is C25H31N3O2. The number of carbonyl (C=O) groups is 2. The van der Waals surface area contributed by atoms with Crippen molar-refractivity contribution in [2.24, 2.45) is 29.6 Å². The van der Waals surface area contributed by atoms with Crippen molar-refractivity contribution in [1.29, 1.82) is 0 Å². The minimum atomic E-state index is -0.0774. The number of para-hydroxylation sites is 1. The molecule has 30 heavy (non-hydrogen) atoms. The highest BCUT2D eigenvalue weighted by molar-refractivity contribution is 6.06. The molecule has 1 saturated heterocycles. The van der Waals surface area contributed by atoms with E-state index in [1.54, 1.807) is 0 Å². The average molecular weight is 406 g/mol. The second-order valence-electron chi connectivity index (χ2n) is 10.1. The molecule has 2 heterocycles. The van der Waals surface area contributed by atoms with Crippen LogP contribution in [0, 0.1) is 29.6 Å². The second kappa shape index (κ2) is 7.14. The highest BCUT2D eigenvalue weighted by Gasteiger charge is 2.54. The van der Waals surface area contributed by atoms with E-state index < -0.39 is 0 Å². The zero-order chi connectivity index (χ0) is 20.2. The molecule has 4 fully saturated rings. The van der Waals surface area contributed by atoms with Gasteiger partial charge in [-0.1, -0.05) is 24.6 Å². The molecule has 2 amide bonds. The number of H-pyrrole nitrogens is 1. The molecule has 158 valence electrons. The summed E-state index contributed by atoms with van der Waals surface area (Å²) < 4.78 is 0. The van der Waals surface area contributed by atoms with Gasteiger partial charge in [-0.25, -0.2) is 0 Å². The first-order valence-electron chi connectivity index (χ1n) is 11.8. The monoisotopic (exact) mass is 405 g/mol. The number of benzene rings is 1. The van der Waals surface area contributed by atoms with Crippen molar-refractivity contribution < 1.29 is 9.59 Å². The molecule has 0 spiro atoms. The first-order valence-corrected chi connectivity index (χ1v) is 11.8. The lowest BCUT2D eigenvalue weighted by molar-refractivity contribution is -0.127.